The van der Waals surface area contributed by atoms with E-state index in [0.717, 1.165) is 11.1 Å². The minimum atomic E-state index is -0.305. The molecule has 0 saturated heterocycles. The minimum Gasteiger partial charge on any atom is -0.395 e. The second kappa shape index (κ2) is 8.21. The summed E-state index contributed by atoms with van der Waals surface area (Å²) in [5.41, 5.74) is 7.80. The number of hydrogen-bond acceptors (Lipinski definition) is 4. The normalized spacial score (nSPS) is 12.9. The molecule has 0 fully saturated rings. The first-order chi connectivity index (χ1) is 8.71. The van der Waals surface area contributed by atoms with E-state index in [4.69, 9.17) is 20.3 Å². The van der Waals surface area contributed by atoms with Crippen LogP contribution >= 0.6 is 0 Å². The molecule has 0 aromatic heterocycles. The smallest absolute Gasteiger partial charge is 0.183 e. The van der Waals surface area contributed by atoms with Gasteiger partial charge >= 0.3 is 0 Å². The molecule has 0 aliphatic heterocycles. The van der Waals surface area contributed by atoms with Crippen molar-refractivity contribution >= 4 is 0 Å². The topological polar surface area (TPSA) is 64.7 Å². The molecule has 1 aromatic carbocycles. The van der Waals surface area contributed by atoms with Crippen LogP contribution in [0.5, 0.6) is 0 Å². The second-order valence-electron chi connectivity index (χ2n) is 4.13. The van der Waals surface area contributed by atoms with Crippen LogP contribution in [0, 0.1) is 0 Å². The summed E-state index contributed by atoms with van der Waals surface area (Å²) in [7, 11) is 0. The molecule has 0 radical (unpaired) electrons. The van der Waals surface area contributed by atoms with Crippen LogP contribution in [0.2, 0.25) is 0 Å². The quantitative estimate of drug-likeness (QED) is 0.691. The molecule has 3 N–H and O–H groups in total. The van der Waals surface area contributed by atoms with E-state index in [-0.39, 0.29) is 18.9 Å². The predicted octanol–water partition coefficient (Wildman–Crippen LogP) is 1.62. The zero-order valence-corrected chi connectivity index (χ0v) is 11.1. The van der Waals surface area contributed by atoms with Crippen LogP contribution in [0.15, 0.2) is 24.3 Å². The van der Waals surface area contributed by atoms with E-state index in [1.165, 1.54) is 0 Å². The molecule has 0 aliphatic carbocycles. The van der Waals surface area contributed by atoms with Gasteiger partial charge in [-0.1, -0.05) is 24.3 Å². The third-order valence-electron chi connectivity index (χ3n) is 2.62. The fourth-order valence-corrected chi connectivity index (χ4v) is 1.72. The summed E-state index contributed by atoms with van der Waals surface area (Å²) >= 11 is 0. The Balaban J connectivity index is 2.67. The molecule has 1 atom stereocenters. The van der Waals surface area contributed by atoms with Crippen molar-refractivity contribution in [2.24, 2.45) is 5.73 Å². The SMILES string of the molecule is CCOC(OCC)c1ccc(CC(N)CO)cc1. The van der Waals surface area contributed by atoms with Crippen LogP contribution in [-0.2, 0) is 15.9 Å². The Morgan fingerprint density at radius 2 is 1.67 bits per heavy atom. The maximum Gasteiger partial charge on any atom is 0.183 e. The molecule has 0 bridgehead atoms. The number of nitrogens with two attached hydrogens (primary N) is 1. The van der Waals surface area contributed by atoms with Gasteiger partial charge in [-0.05, 0) is 25.8 Å². The van der Waals surface area contributed by atoms with E-state index in [0.29, 0.717) is 19.6 Å². The Kier molecular flexibility index (Phi) is 6.90. The van der Waals surface area contributed by atoms with Crippen LogP contribution in [0.3, 0.4) is 0 Å². The molecule has 1 aromatic rings. The van der Waals surface area contributed by atoms with Crippen LogP contribution in [0.1, 0.15) is 31.3 Å². The summed E-state index contributed by atoms with van der Waals surface area (Å²) in [6.07, 6.45) is 0.366. The van der Waals surface area contributed by atoms with Crippen molar-refractivity contribution in [3.63, 3.8) is 0 Å². The van der Waals surface area contributed by atoms with Gasteiger partial charge in [0.25, 0.3) is 0 Å². The van der Waals surface area contributed by atoms with E-state index in [2.05, 4.69) is 0 Å². The van der Waals surface area contributed by atoms with Gasteiger partial charge in [-0.3, -0.25) is 0 Å². The lowest BCUT2D eigenvalue weighted by Crippen LogP contribution is -2.26. The molecule has 4 heteroatoms. The monoisotopic (exact) mass is 253 g/mol. The first kappa shape index (κ1) is 15.1. The largest absolute Gasteiger partial charge is 0.395 e. The van der Waals surface area contributed by atoms with Crippen LogP contribution in [0.4, 0.5) is 0 Å². The molecule has 0 heterocycles. The van der Waals surface area contributed by atoms with Crippen molar-refractivity contribution in [3.8, 4) is 0 Å². The number of rotatable bonds is 8. The van der Waals surface area contributed by atoms with Gasteiger partial charge in [0.2, 0.25) is 0 Å². The average molecular weight is 253 g/mol. The molecule has 0 spiro atoms. The summed E-state index contributed by atoms with van der Waals surface area (Å²) in [6, 6.07) is 7.75. The van der Waals surface area contributed by atoms with Crippen molar-refractivity contribution < 1.29 is 14.6 Å². The van der Waals surface area contributed by atoms with Crippen molar-refractivity contribution in [3.05, 3.63) is 35.4 Å². The molecular formula is C14H23NO3. The molecule has 4 nitrogen and oxygen atoms in total. The van der Waals surface area contributed by atoms with Gasteiger partial charge in [0.15, 0.2) is 6.29 Å². The maximum absolute atomic E-state index is 8.91. The fraction of sp³-hybridized carbons (Fsp3) is 0.571. The lowest BCUT2D eigenvalue weighted by molar-refractivity contribution is -0.140. The summed E-state index contributed by atoms with van der Waals surface area (Å²) < 4.78 is 11.0. The van der Waals surface area contributed by atoms with Gasteiger partial charge in [-0.25, -0.2) is 0 Å². The highest BCUT2D eigenvalue weighted by Crippen LogP contribution is 2.19. The minimum absolute atomic E-state index is 0.00225. The van der Waals surface area contributed by atoms with E-state index in [9.17, 15) is 0 Å². The summed E-state index contributed by atoms with van der Waals surface area (Å²) in [6.45, 7) is 5.12. The second-order valence-corrected chi connectivity index (χ2v) is 4.13. The molecule has 0 saturated carbocycles. The van der Waals surface area contributed by atoms with Crippen LogP contribution < -0.4 is 5.73 Å². The molecule has 102 valence electrons. The Morgan fingerprint density at radius 1 is 1.11 bits per heavy atom. The zero-order valence-electron chi connectivity index (χ0n) is 11.1. The van der Waals surface area contributed by atoms with Gasteiger partial charge < -0.3 is 20.3 Å². The molecule has 0 amide bonds. The third kappa shape index (κ3) is 4.74. The summed E-state index contributed by atoms with van der Waals surface area (Å²) in [5, 5.41) is 8.91. The number of aliphatic hydroxyl groups is 1. The predicted molar refractivity (Wildman–Crippen MR) is 71.2 cm³/mol. The van der Waals surface area contributed by atoms with Crippen molar-refractivity contribution in [2.75, 3.05) is 19.8 Å². The molecule has 1 rings (SSSR count). The van der Waals surface area contributed by atoms with E-state index in [1.54, 1.807) is 0 Å². The highest BCUT2D eigenvalue weighted by molar-refractivity contribution is 5.24. The Bertz CT molecular complexity index is 320. The van der Waals surface area contributed by atoms with Crippen molar-refractivity contribution in [1.29, 1.82) is 0 Å². The highest BCUT2D eigenvalue weighted by Gasteiger charge is 2.11. The molecule has 0 aliphatic rings. The van der Waals surface area contributed by atoms with Crippen molar-refractivity contribution in [1.82, 2.24) is 0 Å². The van der Waals surface area contributed by atoms with Gasteiger partial charge in [0, 0.05) is 24.8 Å². The number of hydrogen-bond donors (Lipinski definition) is 2. The van der Waals surface area contributed by atoms with Crippen LogP contribution in [0.25, 0.3) is 0 Å². The first-order valence-electron chi connectivity index (χ1n) is 6.39. The Morgan fingerprint density at radius 3 is 2.11 bits per heavy atom. The van der Waals surface area contributed by atoms with E-state index in [1.807, 2.05) is 38.1 Å². The molecule has 1 unspecified atom stereocenters. The Hall–Kier alpha value is -0.940. The van der Waals surface area contributed by atoms with Crippen molar-refractivity contribution in [2.45, 2.75) is 32.6 Å². The van der Waals surface area contributed by atoms with Gasteiger partial charge in [-0.2, -0.15) is 0 Å². The van der Waals surface area contributed by atoms with Gasteiger partial charge in [0.1, 0.15) is 0 Å². The maximum atomic E-state index is 8.91. The first-order valence-corrected chi connectivity index (χ1v) is 6.39. The Labute approximate surface area is 109 Å². The average Bonchev–Trinajstić information content (AvgIpc) is 2.39. The third-order valence-corrected chi connectivity index (χ3v) is 2.62. The van der Waals surface area contributed by atoms with E-state index < -0.39 is 0 Å². The lowest BCUT2D eigenvalue weighted by atomic mass is 10.0. The number of ether oxygens (including phenoxy) is 2. The number of aliphatic hydroxyl groups excluding tert-OH is 1. The standard InChI is InChI=1S/C14H23NO3/c1-3-17-14(18-4-2)12-7-5-11(6-8-12)9-13(15)10-16/h5-8,13-14,16H,3-4,9-10,15H2,1-2H3. The molecular weight excluding hydrogens is 230 g/mol. The number of benzene rings is 1. The van der Waals surface area contributed by atoms with Gasteiger partial charge in [-0.15, -0.1) is 0 Å². The highest BCUT2D eigenvalue weighted by atomic mass is 16.7. The summed E-state index contributed by atoms with van der Waals surface area (Å²) in [4.78, 5) is 0. The fourth-order valence-electron chi connectivity index (χ4n) is 1.72. The van der Waals surface area contributed by atoms with E-state index >= 15 is 0 Å². The molecule has 18 heavy (non-hydrogen) atoms. The lowest BCUT2D eigenvalue weighted by Gasteiger charge is -2.17. The van der Waals surface area contributed by atoms with Crippen LogP contribution in [-0.4, -0.2) is 31.0 Å². The summed E-state index contributed by atoms with van der Waals surface area (Å²) in [5.74, 6) is 0. The van der Waals surface area contributed by atoms with Gasteiger partial charge in [0.05, 0.1) is 6.61 Å². The zero-order chi connectivity index (χ0) is 13.4.